The summed E-state index contributed by atoms with van der Waals surface area (Å²) in [5, 5.41) is 3.06. The Morgan fingerprint density at radius 2 is 1.73 bits per heavy atom. The molecule has 1 aliphatic rings. The molecule has 1 N–H and O–H groups in total. The van der Waals surface area contributed by atoms with Crippen molar-refractivity contribution in [3.8, 4) is 17.2 Å². The first-order valence-electron chi connectivity index (χ1n) is 9.34. The van der Waals surface area contributed by atoms with E-state index in [9.17, 15) is 4.79 Å². The molecule has 26 heavy (non-hydrogen) atoms. The van der Waals surface area contributed by atoms with Crippen LogP contribution in [-0.4, -0.2) is 56.8 Å². The Morgan fingerprint density at radius 1 is 1.15 bits per heavy atom. The molecule has 0 spiro atoms. The van der Waals surface area contributed by atoms with Crippen LogP contribution in [0, 0.1) is 5.92 Å². The van der Waals surface area contributed by atoms with Gasteiger partial charge < -0.3 is 19.5 Å². The van der Waals surface area contributed by atoms with Crippen molar-refractivity contribution < 1.29 is 19.0 Å². The van der Waals surface area contributed by atoms with Crippen molar-refractivity contribution in [2.45, 2.75) is 45.8 Å². The number of hydrogen-bond acceptors (Lipinski definition) is 5. The summed E-state index contributed by atoms with van der Waals surface area (Å²) in [5.74, 6) is 2.54. The minimum Gasteiger partial charge on any atom is -0.493 e. The predicted molar refractivity (Wildman–Crippen MR) is 102 cm³/mol. The van der Waals surface area contributed by atoms with Crippen LogP contribution in [0.15, 0.2) is 18.2 Å². The summed E-state index contributed by atoms with van der Waals surface area (Å²) in [6, 6.07) is 5.81. The summed E-state index contributed by atoms with van der Waals surface area (Å²) in [6.45, 7) is 8.39. The molecule has 6 nitrogen and oxygen atoms in total. The van der Waals surface area contributed by atoms with Gasteiger partial charge in [0.05, 0.1) is 20.8 Å². The van der Waals surface area contributed by atoms with E-state index in [0.29, 0.717) is 29.7 Å². The van der Waals surface area contributed by atoms with Gasteiger partial charge in [0.15, 0.2) is 11.5 Å². The van der Waals surface area contributed by atoms with Gasteiger partial charge in [0.1, 0.15) is 6.10 Å². The van der Waals surface area contributed by atoms with Gasteiger partial charge >= 0.3 is 0 Å². The highest BCUT2D eigenvalue weighted by Gasteiger charge is 2.24. The number of hydrogen-bond donors (Lipinski definition) is 1. The van der Waals surface area contributed by atoms with Gasteiger partial charge in [-0.3, -0.25) is 9.69 Å². The Hall–Kier alpha value is -1.95. The SMILES string of the molecule is COc1cccc(OC)c1OC1CCN(CC(=O)N[C@H](C)C(C)C)CC1. The lowest BCUT2D eigenvalue weighted by molar-refractivity contribution is -0.123. The van der Waals surface area contributed by atoms with E-state index in [1.54, 1.807) is 14.2 Å². The number of ether oxygens (including phenoxy) is 3. The average molecular weight is 364 g/mol. The highest BCUT2D eigenvalue weighted by Crippen LogP contribution is 2.38. The Labute approximate surface area is 156 Å². The molecule has 6 heteroatoms. The second-order valence-corrected chi connectivity index (χ2v) is 7.19. The molecule has 0 radical (unpaired) electrons. The first kappa shape index (κ1) is 20.4. The van der Waals surface area contributed by atoms with Gasteiger partial charge in [-0.25, -0.2) is 0 Å². The van der Waals surface area contributed by atoms with E-state index < -0.39 is 0 Å². The lowest BCUT2D eigenvalue weighted by atomic mass is 10.1. The van der Waals surface area contributed by atoms with Gasteiger partial charge in [-0.2, -0.15) is 0 Å². The van der Waals surface area contributed by atoms with Crippen LogP contribution < -0.4 is 19.5 Å². The van der Waals surface area contributed by atoms with E-state index in [2.05, 4.69) is 24.1 Å². The van der Waals surface area contributed by atoms with Crippen LogP contribution in [0.2, 0.25) is 0 Å². The number of carbonyl (C=O) groups is 1. The van der Waals surface area contributed by atoms with Gasteiger partial charge in [0.25, 0.3) is 0 Å². The largest absolute Gasteiger partial charge is 0.493 e. The van der Waals surface area contributed by atoms with Crippen LogP contribution >= 0.6 is 0 Å². The fourth-order valence-corrected chi connectivity index (χ4v) is 2.95. The average Bonchev–Trinajstić information content (AvgIpc) is 2.63. The van der Waals surface area contributed by atoms with Crippen LogP contribution in [0.5, 0.6) is 17.2 Å². The maximum absolute atomic E-state index is 12.1. The van der Waals surface area contributed by atoms with E-state index in [1.165, 1.54) is 0 Å². The number of nitrogens with zero attached hydrogens (tertiary/aromatic N) is 1. The number of rotatable bonds is 8. The number of carbonyl (C=O) groups excluding carboxylic acids is 1. The quantitative estimate of drug-likeness (QED) is 0.769. The van der Waals surface area contributed by atoms with Crippen molar-refractivity contribution in [3.63, 3.8) is 0 Å². The minimum absolute atomic E-state index is 0.0918. The van der Waals surface area contributed by atoms with E-state index in [1.807, 2.05) is 25.1 Å². The monoisotopic (exact) mass is 364 g/mol. The van der Waals surface area contributed by atoms with E-state index in [-0.39, 0.29) is 18.1 Å². The van der Waals surface area contributed by atoms with Crippen molar-refractivity contribution in [1.82, 2.24) is 10.2 Å². The van der Waals surface area contributed by atoms with Crippen molar-refractivity contribution in [2.24, 2.45) is 5.92 Å². The van der Waals surface area contributed by atoms with E-state index in [4.69, 9.17) is 14.2 Å². The highest BCUT2D eigenvalue weighted by molar-refractivity contribution is 5.78. The predicted octanol–water partition coefficient (Wildman–Crippen LogP) is 2.71. The number of piperidine rings is 1. The first-order chi connectivity index (χ1) is 12.4. The summed E-state index contributed by atoms with van der Waals surface area (Å²) in [6.07, 6.45) is 1.83. The normalized spacial score (nSPS) is 17.0. The topological polar surface area (TPSA) is 60.0 Å². The summed E-state index contributed by atoms with van der Waals surface area (Å²) in [5.41, 5.74) is 0. The Balaban J connectivity index is 1.85. The van der Waals surface area contributed by atoms with E-state index >= 15 is 0 Å². The van der Waals surface area contributed by atoms with Crippen LogP contribution in [0.1, 0.15) is 33.6 Å². The fourth-order valence-electron chi connectivity index (χ4n) is 2.95. The molecule has 0 aliphatic carbocycles. The van der Waals surface area contributed by atoms with Crippen LogP contribution in [0.3, 0.4) is 0 Å². The molecule has 146 valence electrons. The summed E-state index contributed by atoms with van der Waals surface area (Å²) >= 11 is 0. The zero-order chi connectivity index (χ0) is 19.1. The molecule has 1 aromatic rings. The molecule has 1 atom stereocenters. The molecular formula is C20H32N2O4. The first-order valence-corrected chi connectivity index (χ1v) is 9.34. The molecule has 0 saturated carbocycles. The van der Waals surface area contributed by atoms with Gasteiger partial charge in [-0.1, -0.05) is 19.9 Å². The number of amides is 1. The van der Waals surface area contributed by atoms with E-state index in [0.717, 1.165) is 25.9 Å². The highest BCUT2D eigenvalue weighted by atomic mass is 16.5. The fraction of sp³-hybridized carbons (Fsp3) is 0.650. The Bertz CT molecular complexity index is 561. The molecule has 0 bridgehead atoms. The summed E-state index contributed by atoms with van der Waals surface area (Å²) < 4.78 is 17.0. The number of methoxy groups -OCH3 is 2. The Kier molecular flexibility index (Phi) is 7.57. The Morgan fingerprint density at radius 3 is 2.23 bits per heavy atom. The number of para-hydroxylation sites is 1. The lowest BCUT2D eigenvalue weighted by Gasteiger charge is -2.32. The third-order valence-corrected chi connectivity index (χ3v) is 4.96. The smallest absolute Gasteiger partial charge is 0.234 e. The van der Waals surface area contributed by atoms with Crippen molar-refractivity contribution in [1.29, 1.82) is 0 Å². The molecule has 1 aromatic carbocycles. The zero-order valence-corrected chi connectivity index (χ0v) is 16.6. The van der Waals surface area contributed by atoms with Gasteiger partial charge in [0, 0.05) is 19.1 Å². The van der Waals surface area contributed by atoms with Crippen LogP contribution in [0.4, 0.5) is 0 Å². The third-order valence-electron chi connectivity index (χ3n) is 4.96. The number of likely N-dealkylation sites (tertiary alicyclic amines) is 1. The third kappa shape index (κ3) is 5.53. The molecule has 1 amide bonds. The molecule has 1 heterocycles. The standard InChI is InChI=1S/C20H32N2O4/c1-14(2)15(3)21-19(23)13-22-11-9-16(10-12-22)26-20-17(24-4)7-6-8-18(20)25-5/h6-8,14-16H,9-13H2,1-5H3,(H,21,23)/t15-/m1/s1. The molecule has 1 fully saturated rings. The van der Waals surface area contributed by atoms with Gasteiger partial charge in [-0.15, -0.1) is 0 Å². The van der Waals surface area contributed by atoms with Gasteiger partial charge in [0.2, 0.25) is 11.7 Å². The molecule has 2 rings (SSSR count). The maximum Gasteiger partial charge on any atom is 0.234 e. The number of benzene rings is 1. The second kappa shape index (κ2) is 9.67. The molecular weight excluding hydrogens is 332 g/mol. The van der Waals surface area contributed by atoms with Crippen LogP contribution in [0.25, 0.3) is 0 Å². The van der Waals surface area contributed by atoms with Crippen molar-refractivity contribution in [2.75, 3.05) is 33.9 Å². The van der Waals surface area contributed by atoms with Crippen LogP contribution in [-0.2, 0) is 4.79 Å². The second-order valence-electron chi connectivity index (χ2n) is 7.19. The maximum atomic E-state index is 12.1. The molecule has 0 aromatic heterocycles. The van der Waals surface area contributed by atoms with Crippen molar-refractivity contribution in [3.05, 3.63) is 18.2 Å². The van der Waals surface area contributed by atoms with Gasteiger partial charge in [-0.05, 0) is 37.8 Å². The lowest BCUT2D eigenvalue weighted by Crippen LogP contribution is -2.46. The minimum atomic E-state index is 0.0918. The number of nitrogens with one attached hydrogen (secondary N) is 1. The molecule has 0 unspecified atom stereocenters. The molecule has 1 aliphatic heterocycles. The summed E-state index contributed by atoms with van der Waals surface area (Å²) in [7, 11) is 3.25. The zero-order valence-electron chi connectivity index (χ0n) is 16.6. The van der Waals surface area contributed by atoms with Crippen molar-refractivity contribution >= 4 is 5.91 Å². The summed E-state index contributed by atoms with van der Waals surface area (Å²) in [4.78, 5) is 14.3. The molecule has 1 saturated heterocycles.